The van der Waals surface area contributed by atoms with Gasteiger partial charge in [0.25, 0.3) is 5.91 Å². The molecule has 4 nitrogen and oxygen atoms in total. The smallest absolute Gasteiger partial charge is 0.251 e. The van der Waals surface area contributed by atoms with Crippen molar-refractivity contribution in [2.24, 2.45) is 0 Å². The molecule has 0 heterocycles. The Morgan fingerprint density at radius 1 is 1.09 bits per heavy atom. The van der Waals surface area contributed by atoms with E-state index in [4.69, 9.17) is 10.5 Å². The van der Waals surface area contributed by atoms with Gasteiger partial charge in [-0.3, -0.25) is 4.79 Å². The molecule has 114 valence electrons. The summed E-state index contributed by atoms with van der Waals surface area (Å²) in [5.74, 6) is 1.31. The van der Waals surface area contributed by atoms with Crippen LogP contribution < -0.4 is 5.32 Å². The Labute approximate surface area is 139 Å². The second kappa shape index (κ2) is 8.63. The fourth-order valence-corrected chi connectivity index (χ4v) is 2.87. The number of hydrogen-bond donors (Lipinski definition) is 1. The third-order valence-corrected chi connectivity index (χ3v) is 4.19. The highest BCUT2D eigenvalue weighted by Crippen LogP contribution is 2.15. The van der Waals surface area contributed by atoms with Crippen LogP contribution in [0, 0.1) is 22.7 Å². The Balaban J connectivity index is 1.76. The summed E-state index contributed by atoms with van der Waals surface area (Å²) in [6, 6.07) is 18.3. The molecular weight excluding hydrogens is 306 g/mol. The van der Waals surface area contributed by atoms with E-state index in [9.17, 15) is 4.79 Å². The van der Waals surface area contributed by atoms with Crippen LogP contribution >= 0.6 is 11.8 Å². The number of nitrogens with zero attached hydrogens (tertiary/aromatic N) is 2. The molecule has 0 atom stereocenters. The summed E-state index contributed by atoms with van der Waals surface area (Å²) in [5, 5.41) is 20.7. The maximum absolute atomic E-state index is 12.0. The molecule has 0 spiro atoms. The summed E-state index contributed by atoms with van der Waals surface area (Å²) in [7, 11) is 0. The summed E-state index contributed by atoms with van der Waals surface area (Å²) in [5.41, 5.74) is 2.66. The molecule has 5 heteroatoms. The van der Waals surface area contributed by atoms with Gasteiger partial charge in [0.05, 0.1) is 23.3 Å². The molecule has 0 aromatic heterocycles. The molecule has 0 fully saturated rings. The van der Waals surface area contributed by atoms with Crippen molar-refractivity contribution >= 4 is 17.7 Å². The van der Waals surface area contributed by atoms with E-state index in [1.807, 2.05) is 24.3 Å². The van der Waals surface area contributed by atoms with Gasteiger partial charge in [-0.1, -0.05) is 24.3 Å². The van der Waals surface area contributed by atoms with Crippen LogP contribution in [-0.2, 0) is 5.75 Å². The fraction of sp³-hybridized carbons (Fsp3) is 0.167. The summed E-state index contributed by atoms with van der Waals surface area (Å²) in [4.78, 5) is 12.0. The lowest BCUT2D eigenvalue weighted by atomic mass is 10.1. The summed E-state index contributed by atoms with van der Waals surface area (Å²) < 4.78 is 0. The van der Waals surface area contributed by atoms with Crippen molar-refractivity contribution in [3.8, 4) is 12.1 Å². The number of rotatable bonds is 6. The normalized spacial score (nSPS) is 9.65. The standard InChI is InChI=1S/C18H15N3OS/c19-11-14-4-3-7-15(10-14)18(22)21-8-9-23-13-17-6-2-1-5-16(17)12-20/h1-7,10H,8-9,13H2,(H,21,22). The van der Waals surface area contributed by atoms with Crippen LogP contribution in [0.5, 0.6) is 0 Å². The first-order valence-corrected chi connectivity index (χ1v) is 8.24. The predicted molar refractivity (Wildman–Crippen MR) is 90.8 cm³/mol. The summed E-state index contributed by atoms with van der Waals surface area (Å²) in [6.45, 7) is 0.537. The average molecular weight is 321 g/mol. The number of carbonyl (C=O) groups is 1. The van der Waals surface area contributed by atoms with Crippen LogP contribution in [0.25, 0.3) is 0 Å². The van der Waals surface area contributed by atoms with Crippen molar-refractivity contribution in [3.05, 3.63) is 70.8 Å². The molecule has 0 unspecified atom stereocenters. The number of nitrogens with one attached hydrogen (secondary N) is 1. The zero-order chi connectivity index (χ0) is 16.5. The lowest BCUT2D eigenvalue weighted by Gasteiger charge is -2.06. The molecule has 0 aliphatic heterocycles. The molecule has 0 saturated heterocycles. The lowest BCUT2D eigenvalue weighted by Crippen LogP contribution is -2.25. The molecule has 0 saturated carbocycles. The van der Waals surface area contributed by atoms with E-state index in [1.54, 1.807) is 42.1 Å². The zero-order valence-corrected chi connectivity index (χ0v) is 13.3. The Bertz CT molecular complexity index is 774. The Kier molecular flexibility index (Phi) is 6.23. The predicted octanol–water partition coefficient (Wildman–Crippen LogP) is 3.09. The molecule has 2 aromatic rings. The molecule has 2 aromatic carbocycles. The van der Waals surface area contributed by atoms with E-state index < -0.39 is 0 Å². The topological polar surface area (TPSA) is 76.7 Å². The van der Waals surface area contributed by atoms with E-state index in [0.29, 0.717) is 23.2 Å². The van der Waals surface area contributed by atoms with Gasteiger partial charge in [-0.05, 0) is 29.8 Å². The second-order valence-electron chi connectivity index (χ2n) is 4.77. The third-order valence-electron chi connectivity index (χ3n) is 3.18. The molecule has 2 rings (SSSR count). The van der Waals surface area contributed by atoms with E-state index >= 15 is 0 Å². The maximum atomic E-state index is 12.0. The molecule has 0 radical (unpaired) electrons. The zero-order valence-electron chi connectivity index (χ0n) is 12.5. The highest BCUT2D eigenvalue weighted by molar-refractivity contribution is 7.98. The first kappa shape index (κ1) is 16.6. The SMILES string of the molecule is N#Cc1cccc(C(=O)NCCSCc2ccccc2C#N)c1. The molecule has 1 N–H and O–H groups in total. The Morgan fingerprint density at radius 2 is 1.91 bits per heavy atom. The van der Waals surface area contributed by atoms with Gasteiger partial charge in [0.1, 0.15) is 0 Å². The number of nitriles is 2. The van der Waals surface area contributed by atoms with E-state index in [2.05, 4.69) is 11.4 Å². The van der Waals surface area contributed by atoms with Crippen LogP contribution in [-0.4, -0.2) is 18.2 Å². The number of thioether (sulfide) groups is 1. The quantitative estimate of drug-likeness (QED) is 0.829. The van der Waals surface area contributed by atoms with Crippen molar-refractivity contribution in [1.29, 1.82) is 10.5 Å². The molecular formula is C18H15N3OS. The number of benzene rings is 2. The fourth-order valence-electron chi connectivity index (χ4n) is 2.01. The molecule has 0 aliphatic carbocycles. The van der Waals surface area contributed by atoms with Crippen LogP contribution in [0.4, 0.5) is 0 Å². The summed E-state index contributed by atoms with van der Waals surface area (Å²) >= 11 is 1.66. The van der Waals surface area contributed by atoms with Gasteiger partial charge in [-0.25, -0.2) is 0 Å². The van der Waals surface area contributed by atoms with Gasteiger partial charge < -0.3 is 5.32 Å². The third kappa shape index (κ3) is 4.88. The number of carbonyl (C=O) groups excluding carboxylic acids is 1. The monoisotopic (exact) mass is 321 g/mol. The van der Waals surface area contributed by atoms with Gasteiger partial charge >= 0.3 is 0 Å². The van der Waals surface area contributed by atoms with Gasteiger partial charge in [-0.15, -0.1) is 0 Å². The second-order valence-corrected chi connectivity index (χ2v) is 5.88. The largest absolute Gasteiger partial charge is 0.351 e. The highest BCUT2D eigenvalue weighted by Gasteiger charge is 2.06. The Hall–Kier alpha value is -2.76. The minimum atomic E-state index is -0.180. The van der Waals surface area contributed by atoms with E-state index in [-0.39, 0.29) is 5.91 Å². The van der Waals surface area contributed by atoms with E-state index in [1.165, 1.54) is 0 Å². The van der Waals surface area contributed by atoms with Crippen molar-refractivity contribution in [2.45, 2.75) is 5.75 Å². The minimum absolute atomic E-state index is 0.180. The molecule has 1 amide bonds. The number of amides is 1. The van der Waals surface area contributed by atoms with Crippen molar-refractivity contribution < 1.29 is 4.79 Å². The van der Waals surface area contributed by atoms with E-state index in [0.717, 1.165) is 17.1 Å². The first-order valence-electron chi connectivity index (χ1n) is 7.08. The van der Waals surface area contributed by atoms with Crippen LogP contribution in [0.1, 0.15) is 27.0 Å². The van der Waals surface area contributed by atoms with Crippen molar-refractivity contribution in [2.75, 3.05) is 12.3 Å². The van der Waals surface area contributed by atoms with Gasteiger partial charge in [-0.2, -0.15) is 22.3 Å². The molecule has 0 aliphatic rings. The maximum Gasteiger partial charge on any atom is 0.251 e. The highest BCUT2D eigenvalue weighted by atomic mass is 32.2. The lowest BCUT2D eigenvalue weighted by molar-refractivity contribution is 0.0956. The number of hydrogen-bond acceptors (Lipinski definition) is 4. The summed E-state index contributed by atoms with van der Waals surface area (Å²) in [6.07, 6.45) is 0. The Morgan fingerprint density at radius 3 is 2.70 bits per heavy atom. The first-order chi connectivity index (χ1) is 11.2. The van der Waals surface area contributed by atoms with Crippen molar-refractivity contribution in [1.82, 2.24) is 5.32 Å². The van der Waals surface area contributed by atoms with Crippen LogP contribution in [0.3, 0.4) is 0 Å². The van der Waals surface area contributed by atoms with Gasteiger partial charge in [0.15, 0.2) is 0 Å². The van der Waals surface area contributed by atoms with Gasteiger partial charge in [0.2, 0.25) is 0 Å². The van der Waals surface area contributed by atoms with Crippen LogP contribution in [0.15, 0.2) is 48.5 Å². The average Bonchev–Trinajstić information content (AvgIpc) is 2.61. The minimum Gasteiger partial charge on any atom is -0.351 e. The van der Waals surface area contributed by atoms with Gasteiger partial charge in [0, 0.05) is 23.6 Å². The molecule has 23 heavy (non-hydrogen) atoms. The van der Waals surface area contributed by atoms with Crippen molar-refractivity contribution in [3.63, 3.8) is 0 Å². The van der Waals surface area contributed by atoms with Crippen LogP contribution in [0.2, 0.25) is 0 Å². The molecule has 0 bridgehead atoms.